The van der Waals surface area contributed by atoms with E-state index in [2.05, 4.69) is 51.6 Å². The molecular weight excluding hydrogens is 560 g/mol. The average molecular weight is 593 g/mol. The molecule has 7 rings (SSSR count). The number of para-hydroxylation sites is 1. The molecule has 0 spiro atoms. The number of nitrogens with zero attached hydrogens (tertiary/aromatic N) is 7. The number of amides is 2. The molecule has 1 aliphatic carbocycles. The summed E-state index contributed by atoms with van der Waals surface area (Å²) in [6.07, 6.45) is 9.42. The van der Waals surface area contributed by atoms with Gasteiger partial charge in [0.2, 0.25) is 5.91 Å². The van der Waals surface area contributed by atoms with E-state index in [9.17, 15) is 9.59 Å². The smallest absolute Gasteiger partial charge is 0.273 e. The van der Waals surface area contributed by atoms with Gasteiger partial charge in [0.05, 0.1) is 30.7 Å². The number of likely N-dealkylation sites (tertiary alicyclic amines) is 1. The predicted octanol–water partition coefficient (Wildman–Crippen LogP) is 3.51. The molecule has 224 valence electrons. The van der Waals surface area contributed by atoms with E-state index in [0.717, 1.165) is 49.2 Å². The number of benzene rings is 1. The lowest BCUT2D eigenvalue weighted by molar-refractivity contribution is -0.117. The number of hydrogen-bond donors (Lipinski definition) is 3. The van der Waals surface area contributed by atoms with E-state index in [-0.39, 0.29) is 29.4 Å². The first-order valence-electron chi connectivity index (χ1n) is 14.5. The minimum atomic E-state index is -0.410. The maximum atomic E-state index is 12.6. The van der Waals surface area contributed by atoms with Crippen molar-refractivity contribution in [3.63, 3.8) is 0 Å². The largest absolute Gasteiger partial charge is 0.494 e. The number of nitrogens with one attached hydrogen (secondary N) is 3. The highest BCUT2D eigenvalue weighted by atomic mass is 16.5. The zero-order valence-corrected chi connectivity index (χ0v) is 24.4. The van der Waals surface area contributed by atoms with Crippen LogP contribution in [0.5, 0.6) is 5.75 Å². The van der Waals surface area contributed by atoms with Gasteiger partial charge in [-0.15, -0.1) is 10.2 Å². The van der Waals surface area contributed by atoms with Gasteiger partial charge in [-0.3, -0.25) is 19.2 Å². The van der Waals surface area contributed by atoms with Crippen molar-refractivity contribution in [3.05, 3.63) is 78.6 Å². The summed E-state index contributed by atoms with van der Waals surface area (Å²) >= 11 is 0. The fraction of sp³-hybridized carbons (Fsp3) is 0.290. The van der Waals surface area contributed by atoms with E-state index < -0.39 is 5.91 Å². The van der Waals surface area contributed by atoms with Crippen molar-refractivity contribution in [2.75, 3.05) is 37.9 Å². The predicted molar refractivity (Wildman–Crippen MR) is 164 cm³/mol. The SMILES string of the molecule is CNC(=O)c1nnc(NC(=O)C2CC2)cc1Nc1cccc(-c2cnn(C3CN(Cc4cccc5nccn45)C3)c2)c1OC. The van der Waals surface area contributed by atoms with E-state index in [4.69, 9.17) is 4.74 Å². The van der Waals surface area contributed by atoms with Gasteiger partial charge in [-0.05, 0) is 31.0 Å². The molecule has 1 saturated heterocycles. The van der Waals surface area contributed by atoms with Gasteiger partial charge in [-0.25, -0.2) is 4.98 Å². The van der Waals surface area contributed by atoms with Gasteiger partial charge in [0.15, 0.2) is 11.5 Å². The Kier molecular flexibility index (Phi) is 7.14. The molecule has 5 heterocycles. The maximum Gasteiger partial charge on any atom is 0.273 e. The third-order valence-electron chi connectivity index (χ3n) is 8.05. The standard InChI is InChI=1S/C31H32N10O3/c1-32-31(43)28-25(13-26(37-38-28)36-30(42)19-9-10-19)35-24-7-4-6-23(29(24)44-2)20-14-34-41(15-20)22-17-39(18-22)16-21-5-3-8-27-33-11-12-40(21)27/h3-8,11-15,19,22H,9-10,16-18H2,1-2H3,(H,32,43)(H2,35,36,37,42). The van der Waals surface area contributed by atoms with Crippen LogP contribution in [-0.4, -0.2) is 73.3 Å². The van der Waals surface area contributed by atoms with Crippen molar-refractivity contribution >= 4 is 34.7 Å². The first-order valence-corrected chi connectivity index (χ1v) is 14.5. The van der Waals surface area contributed by atoms with Crippen LogP contribution in [0, 0.1) is 5.92 Å². The first kappa shape index (κ1) is 27.5. The van der Waals surface area contributed by atoms with Gasteiger partial charge in [-0.1, -0.05) is 18.2 Å². The Balaban J connectivity index is 1.09. The van der Waals surface area contributed by atoms with Crippen molar-refractivity contribution in [1.29, 1.82) is 0 Å². The Morgan fingerprint density at radius 3 is 2.70 bits per heavy atom. The molecule has 2 amide bonds. The zero-order valence-electron chi connectivity index (χ0n) is 24.4. The number of ether oxygens (including phenoxy) is 1. The van der Waals surface area contributed by atoms with E-state index in [1.54, 1.807) is 13.2 Å². The van der Waals surface area contributed by atoms with Gasteiger partial charge in [-0.2, -0.15) is 5.10 Å². The average Bonchev–Trinajstić information content (AvgIpc) is 3.56. The highest BCUT2D eigenvalue weighted by Crippen LogP contribution is 2.39. The van der Waals surface area contributed by atoms with Gasteiger partial charge in [0.1, 0.15) is 11.4 Å². The van der Waals surface area contributed by atoms with Crippen LogP contribution >= 0.6 is 0 Å². The number of pyridine rings is 1. The number of aromatic nitrogens is 6. The van der Waals surface area contributed by atoms with Crippen molar-refractivity contribution in [1.82, 2.24) is 39.6 Å². The molecule has 13 heteroatoms. The molecule has 2 fully saturated rings. The summed E-state index contributed by atoms with van der Waals surface area (Å²) in [7, 11) is 3.13. The Labute approximate surface area is 253 Å². The lowest BCUT2D eigenvalue weighted by Gasteiger charge is -2.39. The van der Waals surface area contributed by atoms with Crippen molar-refractivity contribution in [3.8, 4) is 16.9 Å². The summed E-state index contributed by atoms with van der Waals surface area (Å²) in [6.45, 7) is 2.62. The number of carbonyl (C=O) groups is 2. The Bertz CT molecular complexity index is 1850. The summed E-state index contributed by atoms with van der Waals surface area (Å²) in [5.74, 6) is 0.348. The molecule has 44 heavy (non-hydrogen) atoms. The Morgan fingerprint density at radius 2 is 1.91 bits per heavy atom. The molecule has 13 nitrogen and oxygen atoms in total. The van der Waals surface area contributed by atoms with E-state index in [0.29, 0.717) is 17.1 Å². The highest BCUT2D eigenvalue weighted by molar-refractivity contribution is 6.00. The lowest BCUT2D eigenvalue weighted by Crippen LogP contribution is -2.47. The second-order valence-corrected chi connectivity index (χ2v) is 11.1. The fourth-order valence-electron chi connectivity index (χ4n) is 5.52. The lowest BCUT2D eigenvalue weighted by atomic mass is 10.1. The Hall–Kier alpha value is -5.30. The van der Waals surface area contributed by atoms with Gasteiger partial charge in [0.25, 0.3) is 5.91 Å². The van der Waals surface area contributed by atoms with Crippen molar-refractivity contribution in [2.45, 2.75) is 25.4 Å². The maximum absolute atomic E-state index is 12.6. The van der Waals surface area contributed by atoms with Gasteiger partial charge < -0.3 is 25.1 Å². The number of hydrogen-bond acceptors (Lipinski definition) is 9. The summed E-state index contributed by atoms with van der Waals surface area (Å²) in [5.41, 5.74) is 5.01. The quantitative estimate of drug-likeness (QED) is 0.222. The normalized spacial score (nSPS) is 15.1. The van der Waals surface area contributed by atoms with E-state index >= 15 is 0 Å². The van der Waals surface area contributed by atoms with E-state index in [1.165, 1.54) is 12.7 Å². The molecule has 4 aromatic heterocycles. The highest BCUT2D eigenvalue weighted by Gasteiger charge is 2.31. The molecule has 1 aliphatic heterocycles. The number of methoxy groups -OCH3 is 1. The summed E-state index contributed by atoms with van der Waals surface area (Å²) in [4.78, 5) is 31.7. The van der Waals surface area contributed by atoms with Crippen LogP contribution in [0.3, 0.4) is 0 Å². The van der Waals surface area contributed by atoms with Crippen LogP contribution in [0.15, 0.2) is 67.3 Å². The number of carbonyl (C=O) groups excluding carboxylic acids is 2. The van der Waals surface area contributed by atoms with Gasteiger partial charge >= 0.3 is 0 Å². The van der Waals surface area contributed by atoms with Crippen LogP contribution in [0.4, 0.5) is 17.2 Å². The van der Waals surface area contributed by atoms with Crippen LogP contribution in [0.25, 0.3) is 16.8 Å². The van der Waals surface area contributed by atoms with Crippen LogP contribution in [-0.2, 0) is 11.3 Å². The molecule has 2 aliphatic rings. The van der Waals surface area contributed by atoms with Crippen molar-refractivity contribution in [2.24, 2.45) is 5.92 Å². The summed E-state index contributed by atoms with van der Waals surface area (Å²) in [6, 6.07) is 13.8. The molecule has 1 saturated carbocycles. The second kappa shape index (κ2) is 11.4. The summed E-state index contributed by atoms with van der Waals surface area (Å²) < 4.78 is 10.00. The van der Waals surface area contributed by atoms with Gasteiger partial charge in [0, 0.05) is 74.1 Å². The summed E-state index contributed by atoms with van der Waals surface area (Å²) in [5, 5.41) is 21.5. The van der Waals surface area contributed by atoms with Crippen molar-refractivity contribution < 1.29 is 14.3 Å². The molecule has 0 radical (unpaired) electrons. The van der Waals surface area contributed by atoms with Crippen LogP contribution < -0.4 is 20.7 Å². The molecular formula is C31H32N10O3. The third kappa shape index (κ3) is 5.33. The molecule has 1 aromatic carbocycles. The molecule has 5 aromatic rings. The second-order valence-electron chi connectivity index (χ2n) is 11.1. The third-order valence-corrected chi connectivity index (χ3v) is 8.05. The molecule has 0 unspecified atom stereocenters. The number of imidazole rings is 1. The van der Waals surface area contributed by atoms with Crippen LogP contribution in [0.1, 0.15) is 35.1 Å². The first-order chi connectivity index (χ1) is 21.5. The molecule has 0 bridgehead atoms. The minimum Gasteiger partial charge on any atom is -0.494 e. The molecule has 0 atom stereocenters. The topological polar surface area (TPSA) is 144 Å². The zero-order chi connectivity index (χ0) is 30.2. The minimum absolute atomic E-state index is 0.00442. The number of anilines is 3. The number of rotatable bonds is 10. The van der Waals surface area contributed by atoms with E-state index in [1.807, 2.05) is 59.8 Å². The Morgan fingerprint density at radius 1 is 1.07 bits per heavy atom. The monoisotopic (exact) mass is 592 g/mol. The number of fused-ring (bicyclic) bond motifs is 1. The fourth-order valence-corrected chi connectivity index (χ4v) is 5.52. The van der Waals surface area contributed by atoms with Crippen LogP contribution in [0.2, 0.25) is 0 Å². The molecule has 3 N–H and O–H groups in total.